The Bertz CT molecular complexity index is 687. The molecule has 0 aliphatic heterocycles. The number of allylic oxidation sites excluding steroid dienone is 8. The van der Waals surface area contributed by atoms with Gasteiger partial charge in [0.2, 0.25) is 0 Å². The van der Waals surface area contributed by atoms with E-state index in [2.05, 4.69) is 57.8 Å². The number of hydrogen-bond donors (Lipinski definition) is 0. The van der Waals surface area contributed by atoms with Crippen LogP contribution in [0.5, 0.6) is 0 Å². The fourth-order valence-corrected chi connectivity index (χ4v) is 3.45. The van der Waals surface area contributed by atoms with E-state index in [1.54, 1.807) is 0 Å². The molecule has 0 spiro atoms. The van der Waals surface area contributed by atoms with Gasteiger partial charge in [-0.1, -0.05) is 60.6 Å². The molecule has 2 heteroatoms. The molecule has 2 rings (SSSR count). The van der Waals surface area contributed by atoms with Crippen molar-refractivity contribution in [3.8, 4) is 11.8 Å². The maximum absolute atomic E-state index is 12.0. The number of esters is 1. The zero-order chi connectivity index (χ0) is 17.7. The lowest BCUT2D eigenvalue weighted by Gasteiger charge is -2.38. The quantitative estimate of drug-likeness (QED) is 0.493. The van der Waals surface area contributed by atoms with Gasteiger partial charge in [-0.15, -0.1) is 0 Å². The van der Waals surface area contributed by atoms with Crippen LogP contribution in [0.15, 0.2) is 46.6 Å². The fourth-order valence-electron chi connectivity index (χ4n) is 3.45. The monoisotopic (exact) mass is 324 g/mol. The normalized spacial score (nSPS) is 24.8. The van der Waals surface area contributed by atoms with Crippen LogP contribution in [0.4, 0.5) is 0 Å². The lowest BCUT2D eigenvalue weighted by atomic mass is 9.65. The third-order valence-electron chi connectivity index (χ3n) is 5.37. The molecular formula is C22H28O2. The summed E-state index contributed by atoms with van der Waals surface area (Å²) in [6, 6.07) is 0. The van der Waals surface area contributed by atoms with Crippen LogP contribution in [-0.4, -0.2) is 13.1 Å². The van der Waals surface area contributed by atoms with Crippen molar-refractivity contribution in [1.29, 1.82) is 0 Å². The number of carbonyl (C=O) groups excluding carboxylic acids is 1. The molecule has 0 aromatic carbocycles. The smallest absolute Gasteiger partial charge is 0.309 e. The summed E-state index contributed by atoms with van der Waals surface area (Å²) in [6.07, 6.45) is 12.1. The summed E-state index contributed by atoms with van der Waals surface area (Å²) in [5, 5.41) is 0. The summed E-state index contributed by atoms with van der Waals surface area (Å²) in [4.78, 5) is 12.0. The Kier molecular flexibility index (Phi) is 5.89. The van der Waals surface area contributed by atoms with Crippen molar-refractivity contribution in [2.75, 3.05) is 7.11 Å². The van der Waals surface area contributed by atoms with Gasteiger partial charge < -0.3 is 4.74 Å². The largest absolute Gasteiger partial charge is 0.469 e. The van der Waals surface area contributed by atoms with E-state index in [4.69, 9.17) is 4.74 Å². The highest BCUT2D eigenvalue weighted by Gasteiger charge is 2.41. The summed E-state index contributed by atoms with van der Waals surface area (Å²) in [5.41, 5.74) is 4.88. The number of hydrogen-bond acceptors (Lipinski definition) is 2. The topological polar surface area (TPSA) is 26.3 Å². The third kappa shape index (κ3) is 4.09. The standard InChI is InChI=1S/C22H28O2/c1-16-9-6-10-18(15-17(16)2)11-7-12-19-13-8-14-20(21(23)24-5)22(19,3)4/h6,9-10,12,20H,8,13-15H2,1-5H3/b19-12+. The molecule has 0 aromatic heterocycles. The number of carbonyl (C=O) groups is 1. The van der Waals surface area contributed by atoms with Crippen molar-refractivity contribution in [1.82, 2.24) is 0 Å². The van der Waals surface area contributed by atoms with Gasteiger partial charge in [-0.2, -0.15) is 0 Å². The molecule has 2 aliphatic rings. The van der Waals surface area contributed by atoms with E-state index in [1.807, 2.05) is 6.08 Å². The van der Waals surface area contributed by atoms with Crippen molar-refractivity contribution in [2.24, 2.45) is 11.3 Å². The lowest BCUT2D eigenvalue weighted by Crippen LogP contribution is -2.36. The first-order valence-electron chi connectivity index (χ1n) is 8.68. The van der Waals surface area contributed by atoms with Gasteiger partial charge in [0.05, 0.1) is 13.0 Å². The van der Waals surface area contributed by atoms with Gasteiger partial charge in [-0.3, -0.25) is 4.79 Å². The minimum absolute atomic E-state index is 0.0721. The van der Waals surface area contributed by atoms with E-state index >= 15 is 0 Å². The van der Waals surface area contributed by atoms with Gasteiger partial charge in [-0.05, 0) is 44.6 Å². The van der Waals surface area contributed by atoms with Crippen LogP contribution in [0.25, 0.3) is 0 Å². The first kappa shape index (κ1) is 18.3. The summed E-state index contributed by atoms with van der Waals surface area (Å²) in [6.45, 7) is 8.55. The highest BCUT2D eigenvalue weighted by Crippen LogP contribution is 2.45. The summed E-state index contributed by atoms with van der Waals surface area (Å²) in [7, 11) is 1.47. The predicted octanol–water partition coefficient (Wildman–Crippen LogP) is 5.14. The minimum atomic E-state index is -0.190. The second-order valence-electron chi connectivity index (χ2n) is 7.32. The van der Waals surface area contributed by atoms with E-state index in [-0.39, 0.29) is 17.3 Å². The molecule has 1 fully saturated rings. The van der Waals surface area contributed by atoms with Gasteiger partial charge in [0.15, 0.2) is 0 Å². The minimum Gasteiger partial charge on any atom is -0.469 e. The van der Waals surface area contributed by atoms with Crippen LogP contribution >= 0.6 is 0 Å². The van der Waals surface area contributed by atoms with Crippen LogP contribution in [0.3, 0.4) is 0 Å². The van der Waals surface area contributed by atoms with E-state index in [0.29, 0.717) is 0 Å². The maximum atomic E-state index is 12.0. The second-order valence-corrected chi connectivity index (χ2v) is 7.32. The molecule has 2 aliphatic carbocycles. The molecular weight excluding hydrogens is 296 g/mol. The van der Waals surface area contributed by atoms with Gasteiger partial charge in [-0.25, -0.2) is 0 Å². The SMILES string of the molecule is COC(=O)C1CCC/C(=C\C#CC2=CC=CC(C)=C(C)C2)C1(C)C. The Hall–Kier alpha value is -2.01. The summed E-state index contributed by atoms with van der Waals surface area (Å²) < 4.78 is 4.99. The molecule has 0 amide bonds. The van der Waals surface area contributed by atoms with Crippen molar-refractivity contribution in [3.05, 3.63) is 46.6 Å². The highest BCUT2D eigenvalue weighted by atomic mass is 16.5. The number of rotatable bonds is 1. The molecule has 0 saturated heterocycles. The van der Waals surface area contributed by atoms with E-state index in [1.165, 1.54) is 23.8 Å². The average molecular weight is 324 g/mol. The molecule has 0 N–H and O–H groups in total. The first-order chi connectivity index (χ1) is 11.4. The second kappa shape index (κ2) is 7.71. The van der Waals surface area contributed by atoms with E-state index < -0.39 is 0 Å². The van der Waals surface area contributed by atoms with E-state index in [0.717, 1.165) is 31.3 Å². The van der Waals surface area contributed by atoms with Gasteiger partial charge >= 0.3 is 5.97 Å². The Balaban J connectivity index is 2.19. The zero-order valence-corrected chi connectivity index (χ0v) is 15.5. The Labute approximate surface area is 146 Å². The molecule has 1 saturated carbocycles. The zero-order valence-electron chi connectivity index (χ0n) is 15.5. The molecule has 2 nitrogen and oxygen atoms in total. The molecule has 1 atom stereocenters. The van der Waals surface area contributed by atoms with Crippen molar-refractivity contribution >= 4 is 5.97 Å². The fraction of sp³-hybridized carbons (Fsp3) is 0.500. The van der Waals surface area contributed by atoms with Crippen LogP contribution in [0.1, 0.15) is 53.4 Å². The average Bonchev–Trinajstić information content (AvgIpc) is 2.69. The molecule has 0 radical (unpaired) electrons. The first-order valence-corrected chi connectivity index (χ1v) is 8.68. The molecule has 0 aromatic rings. The molecule has 24 heavy (non-hydrogen) atoms. The number of methoxy groups -OCH3 is 1. The number of ether oxygens (including phenoxy) is 1. The van der Waals surface area contributed by atoms with Crippen LogP contribution in [0, 0.1) is 23.2 Å². The van der Waals surface area contributed by atoms with Crippen molar-refractivity contribution in [3.63, 3.8) is 0 Å². The molecule has 128 valence electrons. The van der Waals surface area contributed by atoms with Gasteiger partial charge in [0.1, 0.15) is 0 Å². The van der Waals surface area contributed by atoms with Crippen LogP contribution in [-0.2, 0) is 9.53 Å². The lowest BCUT2D eigenvalue weighted by molar-refractivity contribution is -0.149. The molecule has 0 bridgehead atoms. The molecule has 0 heterocycles. The van der Waals surface area contributed by atoms with Crippen LogP contribution in [0.2, 0.25) is 0 Å². The van der Waals surface area contributed by atoms with Gasteiger partial charge in [0, 0.05) is 12.0 Å². The van der Waals surface area contributed by atoms with E-state index in [9.17, 15) is 4.79 Å². The van der Waals surface area contributed by atoms with Crippen molar-refractivity contribution in [2.45, 2.75) is 53.4 Å². The van der Waals surface area contributed by atoms with Crippen molar-refractivity contribution < 1.29 is 9.53 Å². The maximum Gasteiger partial charge on any atom is 0.309 e. The van der Waals surface area contributed by atoms with Crippen LogP contribution < -0.4 is 0 Å². The predicted molar refractivity (Wildman–Crippen MR) is 99.2 cm³/mol. The Morgan fingerprint density at radius 2 is 2.12 bits per heavy atom. The summed E-state index contributed by atoms with van der Waals surface area (Å²) in [5.74, 6) is 6.34. The Morgan fingerprint density at radius 1 is 1.38 bits per heavy atom. The molecule has 1 unspecified atom stereocenters. The third-order valence-corrected chi connectivity index (χ3v) is 5.37. The highest BCUT2D eigenvalue weighted by molar-refractivity contribution is 5.74. The van der Waals surface area contributed by atoms with Gasteiger partial charge in [0.25, 0.3) is 0 Å². The summed E-state index contributed by atoms with van der Waals surface area (Å²) >= 11 is 0. The Morgan fingerprint density at radius 3 is 2.83 bits per heavy atom.